The summed E-state index contributed by atoms with van der Waals surface area (Å²) < 4.78 is 36.5. The maximum absolute atomic E-state index is 15.3. The molecule has 2 aliphatic heterocycles. The summed E-state index contributed by atoms with van der Waals surface area (Å²) in [6, 6.07) is 0.460. The van der Waals surface area contributed by atoms with Gasteiger partial charge in [0.2, 0.25) is 23.5 Å². The Kier molecular flexibility index (Phi) is 15.8. The van der Waals surface area contributed by atoms with Crippen LogP contribution in [0.4, 0.5) is 13.6 Å². The van der Waals surface area contributed by atoms with Gasteiger partial charge in [0.1, 0.15) is 35.7 Å². The van der Waals surface area contributed by atoms with Crippen molar-refractivity contribution < 1.29 is 52.2 Å². The van der Waals surface area contributed by atoms with Crippen LogP contribution >= 0.6 is 0 Å². The van der Waals surface area contributed by atoms with Crippen molar-refractivity contribution in [2.75, 3.05) is 13.1 Å². The third-order valence-corrected chi connectivity index (χ3v) is 10.4. The van der Waals surface area contributed by atoms with E-state index in [1.807, 2.05) is 29.6 Å². The standard InChI is InChI=1S/C41H54F2N8O9/c1-8-11-29(34(53)41(42,43)39(58)46-24(6)25(7)52)47-36(55)31-18-28(60-40(59)50-17-14-26-12-9-10-13-27(26)20-50)21-51(31)38(57)33(23(4)5)49-37(56)32(22(2)3)48-35(54)30-19-44-15-16-45-30/h9-10,12-13,15-16,19,22-24,28-29,31-33,52H,7-8,11,14,17-18,20-21H2,1-6H3,(H,46,58)(H,47,55)(H,48,54)(H,49,56)/t24-,28+,29-,31-,32-,33-/m0/s1. The average Bonchev–Trinajstić information content (AvgIpc) is 3.64. The molecule has 6 amide bonds. The number of hydrogen-bond donors (Lipinski definition) is 5. The molecule has 0 saturated carbocycles. The molecule has 1 aromatic carbocycles. The lowest BCUT2D eigenvalue weighted by atomic mass is 9.98. The molecule has 0 unspecified atom stereocenters. The van der Waals surface area contributed by atoms with Gasteiger partial charge in [-0.3, -0.25) is 33.8 Å². The van der Waals surface area contributed by atoms with Crippen molar-refractivity contribution in [1.29, 1.82) is 0 Å². The van der Waals surface area contributed by atoms with Crippen molar-refractivity contribution in [1.82, 2.24) is 41.0 Å². The second-order valence-corrected chi connectivity index (χ2v) is 15.7. The molecule has 1 fully saturated rings. The molecule has 0 bridgehead atoms. The summed E-state index contributed by atoms with van der Waals surface area (Å²) >= 11 is 0. The average molecular weight is 841 g/mol. The number of halogens is 2. The van der Waals surface area contributed by atoms with E-state index < -0.39 is 101 Å². The molecule has 1 saturated heterocycles. The molecule has 17 nitrogen and oxygen atoms in total. The molecule has 5 N–H and O–H groups in total. The number of ether oxygens (including phenoxy) is 1. The maximum atomic E-state index is 15.3. The first kappa shape index (κ1) is 46.7. The Balaban J connectivity index is 1.60. The van der Waals surface area contributed by atoms with E-state index in [0.29, 0.717) is 13.0 Å². The van der Waals surface area contributed by atoms with E-state index in [-0.39, 0.29) is 38.0 Å². The highest BCUT2D eigenvalue weighted by Gasteiger charge is 2.52. The van der Waals surface area contributed by atoms with Gasteiger partial charge >= 0.3 is 12.0 Å². The van der Waals surface area contributed by atoms with Gasteiger partial charge in [-0.2, -0.15) is 8.78 Å². The largest absolute Gasteiger partial charge is 0.511 e. The number of alkyl halides is 2. The molecular weight excluding hydrogens is 786 g/mol. The number of carbonyl (C=O) groups excluding carboxylic acids is 7. The minimum Gasteiger partial charge on any atom is -0.511 e. The molecule has 326 valence electrons. The maximum Gasteiger partial charge on any atom is 0.410 e. The van der Waals surface area contributed by atoms with Gasteiger partial charge < -0.3 is 40.9 Å². The zero-order valence-electron chi connectivity index (χ0n) is 34.6. The first-order valence-electron chi connectivity index (χ1n) is 19.9. The van der Waals surface area contributed by atoms with Crippen molar-refractivity contribution in [2.45, 2.75) is 116 Å². The molecule has 0 aliphatic carbocycles. The van der Waals surface area contributed by atoms with E-state index in [0.717, 1.165) is 16.0 Å². The van der Waals surface area contributed by atoms with Crippen molar-refractivity contribution in [3.63, 3.8) is 0 Å². The Hall–Kier alpha value is -6.01. The molecule has 3 heterocycles. The van der Waals surface area contributed by atoms with Crippen LogP contribution in [0.1, 0.15) is 82.4 Å². The first-order valence-corrected chi connectivity index (χ1v) is 19.9. The van der Waals surface area contributed by atoms with E-state index in [4.69, 9.17) is 4.74 Å². The molecule has 4 rings (SSSR count). The lowest BCUT2D eigenvalue weighted by Gasteiger charge is -2.32. The smallest absolute Gasteiger partial charge is 0.410 e. The van der Waals surface area contributed by atoms with Crippen LogP contribution in [0.5, 0.6) is 0 Å². The van der Waals surface area contributed by atoms with Crippen LogP contribution in [0, 0.1) is 11.8 Å². The van der Waals surface area contributed by atoms with Gasteiger partial charge in [0, 0.05) is 31.9 Å². The Morgan fingerprint density at radius 3 is 2.22 bits per heavy atom. The van der Waals surface area contributed by atoms with Crippen LogP contribution in [-0.2, 0) is 41.7 Å². The normalized spacial score (nSPS) is 18.4. The topological polar surface area (TPSA) is 229 Å². The number of nitrogens with zero attached hydrogens (tertiary/aromatic N) is 4. The van der Waals surface area contributed by atoms with E-state index in [9.17, 15) is 38.7 Å². The molecule has 19 heteroatoms. The van der Waals surface area contributed by atoms with Crippen LogP contribution in [0.2, 0.25) is 0 Å². The van der Waals surface area contributed by atoms with Crippen LogP contribution in [-0.4, -0.2) is 122 Å². The van der Waals surface area contributed by atoms with Crippen molar-refractivity contribution in [3.8, 4) is 0 Å². The summed E-state index contributed by atoms with van der Waals surface area (Å²) in [7, 11) is 0. The fraction of sp³-hybridized carbons (Fsp3) is 0.537. The molecule has 6 atom stereocenters. The lowest BCUT2D eigenvalue weighted by Crippen LogP contribution is -2.60. The molecule has 2 aliphatic rings. The highest BCUT2D eigenvalue weighted by molar-refractivity contribution is 6.11. The zero-order chi connectivity index (χ0) is 44.5. The van der Waals surface area contributed by atoms with Gasteiger partial charge in [-0.25, -0.2) is 9.78 Å². The number of aliphatic hydroxyl groups excluding tert-OH is 1. The van der Waals surface area contributed by atoms with Gasteiger partial charge in [-0.05, 0) is 42.7 Å². The highest BCUT2D eigenvalue weighted by Crippen LogP contribution is 2.27. The molecule has 0 radical (unpaired) electrons. The number of Topliss-reactive ketones (excluding diaryl/α,β-unsaturated/α-hetero) is 1. The third kappa shape index (κ3) is 11.4. The Morgan fingerprint density at radius 2 is 1.62 bits per heavy atom. The predicted molar refractivity (Wildman–Crippen MR) is 212 cm³/mol. The SMILES string of the molecule is C=C(O)[C@H](C)NC(=O)C(F)(F)C(=O)[C@H](CCC)NC(=O)[C@@H]1C[C@@H](OC(=O)N2CCc3ccccc3C2)CN1C(=O)[C@@H](NC(=O)[C@@H](NC(=O)c1cnccn1)C(C)C)C(C)C. The fourth-order valence-corrected chi connectivity index (χ4v) is 6.87. The number of fused-ring (bicyclic) bond motifs is 1. The first-order chi connectivity index (χ1) is 28.3. The van der Waals surface area contributed by atoms with Crippen molar-refractivity contribution >= 4 is 41.4 Å². The number of hydrogen-bond acceptors (Lipinski definition) is 11. The minimum atomic E-state index is -4.64. The number of rotatable bonds is 17. The molecular formula is C41H54F2N8O9. The van der Waals surface area contributed by atoms with Crippen molar-refractivity contribution in [3.05, 3.63) is 72.0 Å². The summed E-state index contributed by atoms with van der Waals surface area (Å²) in [6.07, 6.45) is 2.21. The second-order valence-electron chi connectivity index (χ2n) is 15.7. The van der Waals surface area contributed by atoms with E-state index in [2.05, 4.69) is 32.5 Å². The number of likely N-dealkylation sites (tertiary alicyclic amines) is 1. The van der Waals surface area contributed by atoms with E-state index in [1.54, 1.807) is 34.6 Å². The summed E-state index contributed by atoms with van der Waals surface area (Å²) in [5.41, 5.74) is 1.96. The summed E-state index contributed by atoms with van der Waals surface area (Å²) in [4.78, 5) is 105. The summed E-state index contributed by atoms with van der Waals surface area (Å²) in [5.74, 6) is -13.5. The number of carbonyl (C=O) groups is 7. The molecule has 1 aromatic heterocycles. The van der Waals surface area contributed by atoms with Gasteiger partial charge in [0.05, 0.1) is 24.8 Å². The van der Waals surface area contributed by atoms with Crippen LogP contribution < -0.4 is 21.3 Å². The third-order valence-electron chi connectivity index (χ3n) is 10.4. The second kappa shape index (κ2) is 20.3. The van der Waals surface area contributed by atoms with Crippen LogP contribution in [0.25, 0.3) is 0 Å². The summed E-state index contributed by atoms with van der Waals surface area (Å²) in [6.45, 7) is 12.8. The minimum absolute atomic E-state index is 0.0448. The van der Waals surface area contributed by atoms with E-state index in [1.165, 1.54) is 30.4 Å². The fourth-order valence-electron chi connectivity index (χ4n) is 6.87. The quantitative estimate of drug-likeness (QED) is 0.115. The number of aliphatic hydroxyl groups is 1. The highest BCUT2D eigenvalue weighted by atomic mass is 19.3. The number of ketones is 1. The molecule has 0 spiro atoms. The lowest BCUT2D eigenvalue weighted by molar-refractivity contribution is -0.161. The predicted octanol–water partition coefficient (Wildman–Crippen LogP) is 2.60. The Morgan fingerprint density at radius 1 is 0.950 bits per heavy atom. The summed E-state index contributed by atoms with van der Waals surface area (Å²) in [5, 5.41) is 18.9. The van der Waals surface area contributed by atoms with Gasteiger partial charge in [0.15, 0.2) is 0 Å². The molecule has 2 aromatic rings. The van der Waals surface area contributed by atoms with E-state index >= 15 is 8.78 Å². The number of nitrogens with one attached hydrogen (secondary N) is 4. The Bertz CT molecular complexity index is 1930. The number of benzene rings is 1. The van der Waals surface area contributed by atoms with Crippen LogP contribution in [0.3, 0.4) is 0 Å². The van der Waals surface area contributed by atoms with Crippen molar-refractivity contribution in [2.24, 2.45) is 11.8 Å². The monoisotopic (exact) mass is 840 g/mol. The van der Waals surface area contributed by atoms with Crippen LogP contribution in [0.15, 0.2) is 55.2 Å². The van der Waals surface area contributed by atoms with Gasteiger partial charge in [0.25, 0.3) is 11.8 Å². The zero-order valence-corrected chi connectivity index (χ0v) is 34.6. The molecule has 60 heavy (non-hydrogen) atoms. The Labute approximate surface area is 347 Å². The number of amides is 6. The number of aromatic nitrogens is 2. The van der Waals surface area contributed by atoms with Gasteiger partial charge in [-0.15, -0.1) is 0 Å². The van der Waals surface area contributed by atoms with Gasteiger partial charge in [-0.1, -0.05) is 71.9 Å².